The second-order valence-corrected chi connectivity index (χ2v) is 5.22. The van der Waals surface area contributed by atoms with Gasteiger partial charge in [0.25, 0.3) is 0 Å². The average Bonchev–Trinajstić information content (AvgIpc) is 2.48. The van der Waals surface area contributed by atoms with Crippen LogP contribution in [0.5, 0.6) is 0 Å². The fraction of sp³-hybridized carbons (Fsp3) is 0.438. The molecular formula is C16H19NO2. The van der Waals surface area contributed by atoms with Crippen molar-refractivity contribution in [3.63, 3.8) is 0 Å². The van der Waals surface area contributed by atoms with Crippen molar-refractivity contribution in [2.75, 3.05) is 13.1 Å². The molecule has 1 saturated heterocycles. The van der Waals surface area contributed by atoms with Gasteiger partial charge < -0.3 is 9.73 Å². The van der Waals surface area contributed by atoms with Crippen LogP contribution in [-0.4, -0.2) is 13.1 Å². The Labute approximate surface area is 112 Å². The van der Waals surface area contributed by atoms with Gasteiger partial charge in [0.05, 0.1) is 5.39 Å². The van der Waals surface area contributed by atoms with Gasteiger partial charge in [0.2, 0.25) is 0 Å². The number of piperidine rings is 1. The van der Waals surface area contributed by atoms with E-state index >= 15 is 0 Å². The molecule has 0 aliphatic carbocycles. The molecular weight excluding hydrogens is 238 g/mol. The van der Waals surface area contributed by atoms with Crippen LogP contribution in [-0.2, 0) is 6.42 Å². The predicted octanol–water partition coefficient (Wildman–Crippen LogP) is 2.82. The van der Waals surface area contributed by atoms with Crippen molar-refractivity contribution in [1.82, 2.24) is 5.32 Å². The summed E-state index contributed by atoms with van der Waals surface area (Å²) < 4.78 is 5.95. The SMILES string of the molecule is CCc1ccc2oc(C3CCNCC3)cc(=O)c2c1. The molecule has 0 spiro atoms. The van der Waals surface area contributed by atoms with Gasteiger partial charge in [-0.1, -0.05) is 13.0 Å². The molecule has 0 amide bonds. The molecule has 1 aliphatic heterocycles. The van der Waals surface area contributed by atoms with Crippen LogP contribution in [0.3, 0.4) is 0 Å². The van der Waals surface area contributed by atoms with Crippen LogP contribution in [0.15, 0.2) is 33.5 Å². The Hall–Kier alpha value is -1.61. The van der Waals surface area contributed by atoms with Gasteiger partial charge in [-0.3, -0.25) is 4.79 Å². The first kappa shape index (κ1) is 12.4. The lowest BCUT2D eigenvalue weighted by atomic mass is 9.95. The molecule has 3 heteroatoms. The van der Waals surface area contributed by atoms with Crippen LogP contribution in [0.2, 0.25) is 0 Å². The Balaban J connectivity index is 2.06. The monoisotopic (exact) mass is 257 g/mol. The highest BCUT2D eigenvalue weighted by Crippen LogP contribution is 2.26. The van der Waals surface area contributed by atoms with E-state index in [4.69, 9.17) is 4.42 Å². The standard InChI is InChI=1S/C16H19NO2/c1-2-11-3-4-15-13(9-11)14(18)10-16(19-15)12-5-7-17-8-6-12/h3-4,9-10,12,17H,2,5-8H2,1H3. The van der Waals surface area contributed by atoms with Crippen molar-refractivity contribution in [1.29, 1.82) is 0 Å². The number of nitrogens with one attached hydrogen (secondary N) is 1. The molecule has 2 aromatic rings. The molecule has 100 valence electrons. The summed E-state index contributed by atoms with van der Waals surface area (Å²) in [7, 11) is 0. The van der Waals surface area contributed by atoms with Gasteiger partial charge in [-0.25, -0.2) is 0 Å². The molecule has 1 fully saturated rings. The smallest absolute Gasteiger partial charge is 0.192 e. The Morgan fingerprint density at radius 3 is 2.79 bits per heavy atom. The summed E-state index contributed by atoms with van der Waals surface area (Å²) in [5.41, 5.74) is 1.98. The summed E-state index contributed by atoms with van der Waals surface area (Å²) in [5, 5.41) is 4.04. The number of aryl methyl sites for hydroxylation is 1. The minimum absolute atomic E-state index is 0.0880. The van der Waals surface area contributed by atoms with E-state index in [-0.39, 0.29) is 5.43 Å². The Morgan fingerprint density at radius 1 is 1.26 bits per heavy atom. The molecule has 0 bridgehead atoms. The molecule has 3 nitrogen and oxygen atoms in total. The van der Waals surface area contributed by atoms with Gasteiger partial charge in [0, 0.05) is 12.0 Å². The van der Waals surface area contributed by atoms with E-state index in [0.717, 1.165) is 43.7 Å². The van der Waals surface area contributed by atoms with Crippen molar-refractivity contribution in [3.05, 3.63) is 45.8 Å². The molecule has 0 unspecified atom stereocenters. The zero-order valence-electron chi connectivity index (χ0n) is 11.2. The van der Waals surface area contributed by atoms with Crippen LogP contribution in [0, 0.1) is 0 Å². The predicted molar refractivity (Wildman–Crippen MR) is 76.7 cm³/mol. The highest BCUT2D eigenvalue weighted by atomic mass is 16.3. The molecule has 1 N–H and O–H groups in total. The maximum atomic E-state index is 12.2. The van der Waals surface area contributed by atoms with E-state index in [1.807, 2.05) is 18.2 Å². The lowest BCUT2D eigenvalue weighted by Crippen LogP contribution is -2.27. The van der Waals surface area contributed by atoms with E-state index in [1.54, 1.807) is 6.07 Å². The summed E-state index contributed by atoms with van der Waals surface area (Å²) in [4.78, 5) is 12.2. The number of hydrogen-bond acceptors (Lipinski definition) is 3. The van der Waals surface area contributed by atoms with Crippen LogP contribution >= 0.6 is 0 Å². The normalized spacial score (nSPS) is 16.9. The van der Waals surface area contributed by atoms with Crippen molar-refractivity contribution in [3.8, 4) is 0 Å². The third-order valence-corrected chi connectivity index (χ3v) is 3.96. The summed E-state index contributed by atoms with van der Waals surface area (Å²) in [6, 6.07) is 7.61. The highest BCUT2D eigenvalue weighted by molar-refractivity contribution is 5.77. The van der Waals surface area contributed by atoms with Crippen molar-refractivity contribution in [2.24, 2.45) is 0 Å². The molecule has 1 aliphatic rings. The van der Waals surface area contributed by atoms with E-state index in [0.29, 0.717) is 11.3 Å². The third kappa shape index (κ3) is 2.43. The van der Waals surface area contributed by atoms with Crippen molar-refractivity contribution < 1.29 is 4.42 Å². The number of benzene rings is 1. The largest absolute Gasteiger partial charge is 0.461 e. The highest BCUT2D eigenvalue weighted by Gasteiger charge is 2.18. The zero-order valence-corrected chi connectivity index (χ0v) is 11.2. The molecule has 0 saturated carbocycles. The zero-order chi connectivity index (χ0) is 13.2. The Kier molecular flexibility index (Phi) is 3.38. The summed E-state index contributed by atoms with van der Waals surface area (Å²) in [6.07, 6.45) is 3.02. The Morgan fingerprint density at radius 2 is 2.05 bits per heavy atom. The molecule has 1 aromatic heterocycles. The molecule has 3 rings (SSSR count). The number of rotatable bonds is 2. The lowest BCUT2D eigenvalue weighted by Gasteiger charge is -2.21. The molecule has 0 radical (unpaired) electrons. The lowest BCUT2D eigenvalue weighted by molar-refractivity contribution is 0.392. The topological polar surface area (TPSA) is 42.2 Å². The second kappa shape index (κ2) is 5.17. The minimum Gasteiger partial charge on any atom is -0.461 e. The quantitative estimate of drug-likeness (QED) is 0.899. The summed E-state index contributed by atoms with van der Waals surface area (Å²) in [6.45, 7) is 4.09. The van der Waals surface area contributed by atoms with Crippen molar-refractivity contribution >= 4 is 11.0 Å². The van der Waals surface area contributed by atoms with E-state index in [9.17, 15) is 4.79 Å². The van der Waals surface area contributed by atoms with E-state index in [1.165, 1.54) is 5.56 Å². The van der Waals surface area contributed by atoms with Gasteiger partial charge in [-0.2, -0.15) is 0 Å². The van der Waals surface area contributed by atoms with Crippen LogP contribution in [0.25, 0.3) is 11.0 Å². The maximum Gasteiger partial charge on any atom is 0.192 e. The maximum absolute atomic E-state index is 12.2. The minimum atomic E-state index is 0.0880. The molecule has 0 atom stereocenters. The number of hydrogen-bond donors (Lipinski definition) is 1. The second-order valence-electron chi connectivity index (χ2n) is 5.22. The first-order chi connectivity index (χ1) is 9.28. The molecule has 2 heterocycles. The molecule has 19 heavy (non-hydrogen) atoms. The first-order valence-corrected chi connectivity index (χ1v) is 7.05. The third-order valence-electron chi connectivity index (χ3n) is 3.96. The number of fused-ring (bicyclic) bond motifs is 1. The van der Waals surface area contributed by atoms with E-state index < -0.39 is 0 Å². The van der Waals surface area contributed by atoms with Gasteiger partial charge in [0.15, 0.2) is 5.43 Å². The average molecular weight is 257 g/mol. The van der Waals surface area contributed by atoms with Gasteiger partial charge in [0.1, 0.15) is 11.3 Å². The van der Waals surface area contributed by atoms with Crippen LogP contribution in [0.4, 0.5) is 0 Å². The van der Waals surface area contributed by atoms with Crippen LogP contribution in [0.1, 0.15) is 37.0 Å². The molecule has 1 aromatic carbocycles. The Bertz CT molecular complexity index is 639. The summed E-state index contributed by atoms with van der Waals surface area (Å²) >= 11 is 0. The van der Waals surface area contributed by atoms with Crippen LogP contribution < -0.4 is 10.7 Å². The summed E-state index contributed by atoms with van der Waals surface area (Å²) in [5.74, 6) is 1.23. The van der Waals surface area contributed by atoms with E-state index in [2.05, 4.69) is 12.2 Å². The van der Waals surface area contributed by atoms with Gasteiger partial charge in [-0.15, -0.1) is 0 Å². The van der Waals surface area contributed by atoms with Gasteiger partial charge >= 0.3 is 0 Å². The fourth-order valence-electron chi connectivity index (χ4n) is 2.75. The first-order valence-electron chi connectivity index (χ1n) is 7.05. The van der Waals surface area contributed by atoms with Crippen molar-refractivity contribution in [2.45, 2.75) is 32.1 Å². The van der Waals surface area contributed by atoms with Gasteiger partial charge in [-0.05, 0) is 50.0 Å². The fourth-order valence-corrected chi connectivity index (χ4v) is 2.75.